The van der Waals surface area contributed by atoms with Crippen LogP contribution >= 0.6 is 0 Å². The summed E-state index contributed by atoms with van der Waals surface area (Å²) in [5, 5.41) is 3.35. The minimum absolute atomic E-state index is 0.210. The molecule has 0 spiro atoms. The van der Waals surface area contributed by atoms with Crippen molar-refractivity contribution in [3.8, 4) is 17.1 Å². The summed E-state index contributed by atoms with van der Waals surface area (Å²) in [7, 11) is -1.46. The van der Waals surface area contributed by atoms with Gasteiger partial charge in [0.05, 0.1) is 29.0 Å². The summed E-state index contributed by atoms with van der Waals surface area (Å²) < 4.78 is 65.6. The van der Waals surface area contributed by atoms with Crippen LogP contribution in [-0.4, -0.2) is 43.0 Å². The quantitative estimate of drug-likeness (QED) is 0.430. The molecule has 0 fully saturated rings. The van der Waals surface area contributed by atoms with Crippen molar-refractivity contribution in [2.24, 2.45) is 4.36 Å². The average Bonchev–Trinajstić information content (AvgIpc) is 3.39. The van der Waals surface area contributed by atoms with Gasteiger partial charge in [0.1, 0.15) is 11.4 Å². The number of benzene rings is 1. The molecule has 4 rings (SSSR count). The van der Waals surface area contributed by atoms with Crippen molar-refractivity contribution in [3.05, 3.63) is 60.4 Å². The average molecular weight is 479 g/mol. The third kappa shape index (κ3) is 4.87. The molecule has 3 aromatic heterocycles. The van der Waals surface area contributed by atoms with Gasteiger partial charge in [-0.05, 0) is 36.4 Å². The number of ether oxygens (including phenoxy) is 1. The molecule has 0 aliphatic rings. The van der Waals surface area contributed by atoms with Crippen LogP contribution < -0.4 is 4.74 Å². The zero-order valence-corrected chi connectivity index (χ0v) is 18.1. The first-order valence-corrected chi connectivity index (χ1v) is 11.3. The zero-order chi connectivity index (χ0) is 23.8. The van der Waals surface area contributed by atoms with Gasteiger partial charge in [0, 0.05) is 29.1 Å². The maximum absolute atomic E-state index is 12.9. The molecular formula is C20H16F3N5O4S. The molecule has 9 nitrogen and oxygen atoms in total. The second-order valence-corrected chi connectivity index (χ2v) is 9.24. The van der Waals surface area contributed by atoms with Crippen LogP contribution in [0.2, 0.25) is 0 Å². The minimum Gasteiger partial charge on any atom is -0.497 e. The number of aromatic nitrogens is 4. The second kappa shape index (κ2) is 8.31. The number of imidazole rings is 1. The molecule has 1 atom stereocenters. The van der Waals surface area contributed by atoms with E-state index in [1.165, 1.54) is 42.3 Å². The molecule has 33 heavy (non-hydrogen) atoms. The Bertz CT molecular complexity index is 1450. The molecule has 0 aliphatic carbocycles. The lowest BCUT2D eigenvalue weighted by atomic mass is 10.3. The molecule has 172 valence electrons. The Morgan fingerprint density at radius 1 is 1.15 bits per heavy atom. The number of fused-ring (bicyclic) bond motifs is 1. The van der Waals surface area contributed by atoms with Crippen molar-refractivity contribution in [3.63, 3.8) is 0 Å². The molecule has 0 saturated carbocycles. The van der Waals surface area contributed by atoms with Gasteiger partial charge < -0.3 is 13.7 Å². The molecule has 0 N–H and O–H groups in total. The fourth-order valence-electron chi connectivity index (χ4n) is 2.98. The van der Waals surface area contributed by atoms with Gasteiger partial charge in [-0.3, -0.25) is 4.79 Å². The van der Waals surface area contributed by atoms with Crippen molar-refractivity contribution < 1.29 is 31.4 Å². The highest BCUT2D eigenvalue weighted by Crippen LogP contribution is 2.29. The van der Waals surface area contributed by atoms with Gasteiger partial charge in [-0.25, -0.2) is 9.19 Å². The predicted molar refractivity (Wildman–Crippen MR) is 110 cm³/mol. The van der Waals surface area contributed by atoms with E-state index in [4.69, 9.17) is 4.74 Å². The maximum Gasteiger partial charge on any atom is 0.471 e. The van der Waals surface area contributed by atoms with E-state index in [-0.39, 0.29) is 17.8 Å². The van der Waals surface area contributed by atoms with Crippen LogP contribution in [-0.2, 0) is 27.1 Å². The first kappa shape index (κ1) is 22.5. The summed E-state index contributed by atoms with van der Waals surface area (Å²) in [6.07, 6.45) is -0.618. The van der Waals surface area contributed by atoms with Crippen LogP contribution in [0.15, 0.2) is 62.6 Å². The van der Waals surface area contributed by atoms with E-state index in [9.17, 15) is 22.2 Å². The number of methoxy groups -OCH3 is 1. The summed E-state index contributed by atoms with van der Waals surface area (Å²) in [6, 6.07) is 9.41. The number of pyridine rings is 1. The molecule has 0 radical (unpaired) electrons. The van der Waals surface area contributed by atoms with E-state index in [0.29, 0.717) is 22.0 Å². The Morgan fingerprint density at radius 3 is 2.52 bits per heavy atom. The van der Waals surface area contributed by atoms with Crippen LogP contribution in [0.3, 0.4) is 0 Å². The second-order valence-electron chi connectivity index (χ2n) is 6.98. The lowest BCUT2D eigenvalue weighted by Gasteiger charge is -2.05. The van der Waals surface area contributed by atoms with E-state index in [1.54, 1.807) is 24.3 Å². The molecule has 4 aromatic rings. The number of carbonyl (C=O) groups excluding carboxylic acids is 1. The minimum atomic E-state index is -4.74. The highest BCUT2D eigenvalue weighted by molar-refractivity contribution is 7.93. The smallest absolute Gasteiger partial charge is 0.471 e. The molecule has 0 bridgehead atoms. The number of hydrogen-bond donors (Lipinski definition) is 0. The fraction of sp³-hybridized carbons (Fsp3) is 0.200. The van der Waals surface area contributed by atoms with Crippen LogP contribution in [0.5, 0.6) is 5.75 Å². The van der Waals surface area contributed by atoms with Crippen molar-refractivity contribution in [2.45, 2.75) is 17.5 Å². The molecule has 1 unspecified atom stereocenters. The van der Waals surface area contributed by atoms with E-state index >= 15 is 0 Å². The molecule has 0 aliphatic heterocycles. The van der Waals surface area contributed by atoms with E-state index in [0.717, 1.165) is 0 Å². The zero-order valence-electron chi connectivity index (χ0n) is 17.2. The van der Waals surface area contributed by atoms with Gasteiger partial charge in [-0.15, -0.1) is 0 Å². The molecule has 1 amide bonds. The Hall–Kier alpha value is -3.74. The van der Waals surface area contributed by atoms with Gasteiger partial charge in [0.15, 0.2) is 0 Å². The third-order valence-electron chi connectivity index (χ3n) is 4.53. The first-order valence-electron chi connectivity index (χ1n) is 9.33. The number of amides is 1. The number of alkyl halides is 3. The lowest BCUT2D eigenvalue weighted by molar-refractivity contribution is -0.159. The van der Waals surface area contributed by atoms with Crippen LogP contribution in [0.1, 0.15) is 11.6 Å². The summed E-state index contributed by atoms with van der Waals surface area (Å²) >= 11 is 0. The molecule has 0 saturated heterocycles. The van der Waals surface area contributed by atoms with Crippen LogP contribution in [0, 0.1) is 0 Å². The number of hydrogen-bond acceptors (Lipinski definition) is 7. The van der Waals surface area contributed by atoms with Crippen molar-refractivity contribution >= 4 is 21.3 Å². The number of halogens is 3. The number of carbonyl (C=O) groups is 1. The Labute approximate surface area is 185 Å². The topological polar surface area (TPSA) is 112 Å². The standard InChI is InChI=1S/C20H16F3N5O4S/c1-31-14-4-6-15(7-5-14)33(2,30)27-17(29)9-13-11-28-10-12(3-8-16(28)24-13)18-25-19(32-26-18)20(21,22)23/h3-8,10-11H,9H2,1-2H3. The summed E-state index contributed by atoms with van der Waals surface area (Å²) in [5.41, 5.74) is 1.04. The Morgan fingerprint density at radius 2 is 1.88 bits per heavy atom. The predicted octanol–water partition coefficient (Wildman–Crippen LogP) is 3.64. The Balaban J connectivity index is 1.55. The maximum atomic E-state index is 12.9. The summed E-state index contributed by atoms with van der Waals surface area (Å²) in [6.45, 7) is 0. The van der Waals surface area contributed by atoms with E-state index < -0.39 is 27.7 Å². The number of rotatable bonds is 5. The SMILES string of the molecule is COc1ccc(S(C)(=O)=NC(=O)Cc2cn3cc(-c4noc(C(F)(F)F)n4)ccc3n2)cc1. The molecule has 1 aromatic carbocycles. The highest BCUT2D eigenvalue weighted by Gasteiger charge is 2.38. The van der Waals surface area contributed by atoms with Gasteiger partial charge in [0.25, 0.3) is 5.91 Å². The normalized spacial score (nSPS) is 13.6. The van der Waals surface area contributed by atoms with Gasteiger partial charge in [-0.2, -0.15) is 22.5 Å². The Kier molecular flexibility index (Phi) is 5.66. The summed E-state index contributed by atoms with van der Waals surface area (Å²) in [5.74, 6) is -1.73. The highest BCUT2D eigenvalue weighted by atomic mass is 32.2. The van der Waals surface area contributed by atoms with Gasteiger partial charge in [-0.1, -0.05) is 5.16 Å². The van der Waals surface area contributed by atoms with E-state index in [2.05, 4.69) is 24.0 Å². The van der Waals surface area contributed by atoms with Crippen molar-refractivity contribution in [2.75, 3.05) is 13.4 Å². The molecule has 13 heteroatoms. The van der Waals surface area contributed by atoms with Crippen LogP contribution in [0.25, 0.3) is 17.0 Å². The largest absolute Gasteiger partial charge is 0.497 e. The summed E-state index contributed by atoms with van der Waals surface area (Å²) in [4.78, 5) is 20.4. The van der Waals surface area contributed by atoms with Gasteiger partial charge >= 0.3 is 12.1 Å². The third-order valence-corrected chi connectivity index (χ3v) is 6.23. The van der Waals surface area contributed by atoms with E-state index in [1.807, 2.05) is 0 Å². The van der Waals surface area contributed by atoms with Crippen molar-refractivity contribution in [1.29, 1.82) is 0 Å². The monoisotopic (exact) mass is 479 g/mol. The number of nitrogens with zero attached hydrogens (tertiary/aromatic N) is 5. The van der Waals surface area contributed by atoms with Gasteiger partial charge in [0.2, 0.25) is 5.82 Å². The fourth-order valence-corrected chi connectivity index (χ4v) is 4.18. The lowest BCUT2D eigenvalue weighted by Crippen LogP contribution is -2.06. The first-order chi connectivity index (χ1) is 15.5. The van der Waals surface area contributed by atoms with Crippen LogP contribution in [0.4, 0.5) is 13.2 Å². The van der Waals surface area contributed by atoms with Crippen molar-refractivity contribution in [1.82, 2.24) is 19.5 Å². The molecular weight excluding hydrogens is 463 g/mol. The molecule has 3 heterocycles.